The Bertz CT molecular complexity index is 888. The monoisotopic (exact) mass is 340 g/mol. The van der Waals surface area contributed by atoms with E-state index in [4.69, 9.17) is 0 Å². The van der Waals surface area contributed by atoms with E-state index in [9.17, 15) is 14.3 Å². The molecule has 25 heavy (non-hydrogen) atoms. The molecule has 4 nitrogen and oxygen atoms in total. The summed E-state index contributed by atoms with van der Waals surface area (Å²) in [6.45, 7) is 2.86. The van der Waals surface area contributed by atoms with E-state index in [1.165, 1.54) is 12.1 Å². The van der Waals surface area contributed by atoms with Crippen LogP contribution in [-0.4, -0.2) is 22.1 Å². The molecule has 0 radical (unpaired) electrons. The summed E-state index contributed by atoms with van der Waals surface area (Å²) in [4.78, 5) is 12.2. The number of carbonyl (C=O) groups is 1. The summed E-state index contributed by atoms with van der Waals surface area (Å²) in [6.07, 6.45) is 1.14. The van der Waals surface area contributed by atoms with Crippen LogP contribution >= 0.6 is 0 Å². The molecule has 0 aliphatic heterocycles. The summed E-state index contributed by atoms with van der Waals surface area (Å²) in [5, 5.41) is 13.8. The summed E-state index contributed by atoms with van der Waals surface area (Å²) in [6, 6.07) is 14.0. The van der Waals surface area contributed by atoms with E-state index in [2.05, 4.69) is 16.8 Å². The second-order valence-corrected chi connectivity index (χ2v) is 5.98. The number of aliphatic hydroxyl groups excluding tert-OH is 1. The number of para-hydroxylation sites is 1. The van der Waals surface area contributed by atoms with E-state index in [0.717, 1.165) is 23.0 Å². The maximum Gasteiger partial charge on any atom is 0.224 e. The lowest BCUT2D eigenvalue weighted by molar-refractivity contribution is -0.120. The van der Waals surface area contributed by atoms with Crippen molar-refractivity contribution in [2.45, 2.75) is 26.0 Å². The first-order valence-electron chi connectivity index (χ1n) is 8.36. The van der Waals surface area contributed by atoms with Crippen molar-refractivity contribution >= 4 is 16.8 Å². The highest BCUT2D eigenvalue weighted by atomic mass is 19.1. The quantitative estimate of drug-likeness (QED) is 0.724. The number of carbonyl (C=O) groups excluding carboxylic acids is 1. The van der Waals surface area contributed by atoms with Crippen molar-refractivity contribution in [3.63, 3.8) is 0 Å². The zero-order valence-electron chi connectivity index (χ0n) is 14.1. The average Bonchev–Trinajstić information content (AvgIpc) is 2.98. The van der Waals surface area contributed by atoms with Crippen molar-refractivity contribution in [2.24, 2.45) is 0 Å². The molecular formula is C20H21FN2O2. The van der Waals surface area contributed by atoms with Gasteiger partial charge in [-0.1, -0.05) is 36.4 Å². The van der Waals surface area contributed by atoms with Crippen LogP contribution in [0.15, 0.2) is 54.7 Å². The van der Waals surface area contributed by atoms with Crippen LogP contribution in [0, 0.1) is 5.82 Å². The molecule has 0 aliphatic rings. The van der Waals surface area contributed by atoms with Gasteiger partial charge in [-0.3, -0.25) is 4.79 Å². The lowest BCUT2D eigenvalue weighted by Crippen LogP contribution is -2.29. The Morgan fingerprint density at radius 2 is 1.92 bits per heavy atom. The predicted molar refractivity (Wildman–Crippen MR) is 95.7 cm³/mol. The third-order valence-electron chi connectivity index (χ3n) is 4.32. The van der Waals surface area contributed by atoms with Gasteiger partial charge in [0.15, 0.2) is 0 Å². The van der Waals surface area contributed by atoms with Crippen LogP contribution in [0.5, 0.6) is 0 Å². The number of amides is 1. The fraction of sp³-hybridized carbons (Fsp3) is 0.250. The van der Waals surface area contributed by atoms with E-state index in [1.807, 2.05) is 30.5 Å². The van der Waals surface area contributed by atoms with Crippen molar-refractivity contribution < 1.29 is 14.3 Å². The number of hydrogen-bond acceptors (Lipinski definition) is 2. The molecule has 130 valence electrons. The first kappa shape index (κ1) is 17.2. The number of aliphatic hydroxyl groups is 1. The summed E-state index contributed by atoms with van der Waals surface area (Å²) in [5.74, 6) is -0.676. The summed E-state index contributed by atoms with van der Waals surface area (Å²) < 4.78 is 15.8. The number of nitrogens with one attached hydrogen (secondary N) is 1. The number of halogens is 1. The largest absolute Gasteiger partial charge is 0.386 e. The Hall–Kier alpha value is -2.66. The Morgan fingerprint density at radius 3 is 2.68 bits per heavy atom. The van der Waals surface area contributed by atoms with Crippen molar-refractivity contribution in [3.05, 3.63) is 71.7 Å². The maximum atomic E-state index is 13.7. The molecule has 3 rings (SSSR count). The normalized spacial score (nSPS) is 12.3. The Morgan fingerprint density at radius 1 is 1.20 bits per heavy atom. The molecule has 0 saturated heterocycles. The second kappa shape index (κ2) is 7.49. The first-order chi connectivity index (χ1) is 12.1. The number of rotatable bonds is 6. The molecule has 2 N–H and O–H groups in total. The molecule has 0 spiro atoms. The number of nitrogens with zero attached hydrogens (tertiary/aromatic N) is 1. The molecule has 5 heteroatoms. The van der Waals surface area contributed by atoms with Gasteiger partial charge in [0.1, 0.15) is 5.82 Å². The highest BCUT2D eigenvalue weighted by Crippen LogP contribution is 2.22. The van der Waals surface area contributed by atoms with Gasteiger partial charge >= 0.3 is 0 Å². The third kappa shape index (κ3) is 3.72. The van der Waals surface area contributed by atoms with Crippen molar-refractivity contribution in [2.75, 3.05) is 6.54 Å². The summed E-state index contributed by atoms with van der Waals surface area (Å²) >= 11 is 0. The molecular weight excluding hydrogens is 319 g/mol. The highest BCUT2D eigenvalue weighted by molar-refractivity contribution is 5.89. The molecule has 1 atom stereocenters. The van der Waals surface area contributed by atoms with Crippen LogP contribution in [0.4, 0.5) is 4.39 Å². The summed E-state index contributed by atoms with van der Waals surface area (Å²) in [5.41, 5.74) is 2.22. The van der Waals surface area contributed by atoms with Gasteiger partial charge < -0.3 is 15.0 Å². The van der Waals surface area contributed by atoms with Gasteiger partial charge in [-0.05, 0) is 24.6 Å². The van der Waals surface area contributed by atoms with Crippen LogP contribution in [-0.2, 0) is 17.8 Å². The molecule has 0 saturated carbocycles. The Labute approximate surface area is 145 Å². The zero-order chi connectivity index (χ0) is 17.8. The van der Waals surface area contributed by atoms with Gasteiger partial charge in [0.25, 0.3) is 0 Å². The van der Waals surface area contributed by atoms with Crippen molar-refractivity contribution in [1.29, 1.82) is 0 Å². The minimum Gasteiger partial charge on any atom is -0.386 e. The maximum absolute atomic E-state index is 13.7. The van der Waals surface area contributed by atoms with Gasteiger partial charge in [0.2, 0.25) is 5.91 Å². The molecule has 2 aromatic carbocycles. The number of aryl methyl sites for hydroxylation is 1. The third-order valence-corrected chi connectivity index (χ3v) is 4.32. The second-order valence-electron chi connectivity index (χ2n) is 5.98. The highest BCUT2D eigenvalue weighted by Gasteiger charge is 2.15. The number of fused-ring (bicyclic) bond motifs is 1. The van der Waals surface area contributed by atoms with Crippen LogP contribution in [0.1, 0.15) is 24.2 Å². The zero-order valence-corrected chi connectivity index (χ0v) is 14.1. The molecule has 0 fully saturated rings. The van der Waals surface area contributed by atoms with Crippen LogP contribution in [0.3, 0.4) is 0 Å². The van der Waals surface area contributed by atoms with Crippen molar-refractivity contribution in [1.82, 2.24) is 9.88 Å². The van der Waals surface area contributed by atoms with E-state index in [-0.39, 0.29) is 24.4 Å². The molecule has 1 amide bonds. The minimum atomic E-state index is -1.07. The molecule has 3 aromatic rings. The Kier molecular flexibility index (Phi) is 5.14. The predicted octanol–water partition coefficient (Wildman–Crippen LogP) is 3.19. The van der Waals surface area contributed by atoms with Gasteiger partial charge in [-0.2, -0.15) is 0 Å². The standard InChI is InChI=1S/C20H21FN2O2/c1-2-23-13-14(15-7-4-6-10-18(15)23)11-20(25)22-12-19(24)16-8-3-5-9-17(16)21/h3-10,13,19,24H,2,11-12H2,1H3,(H,22,25). The SMILES string of the molecule is CCn1cc(CC(=O)NCC(O)c2ccccc2F)c2ccccc21. The number of benzene rings is 2. The van der Waals surface area contributed by atoms with E-state index >= 15 is 0 Å². The fourth-order valence-electron chi connectivity index (χ4n) is 3.03. The van der Waals surface area contributed by atoms with Crippen molar-refractivity contribution in [3.8, 4) is 0 Å². The van der Waals surface area contributed by atoms with Gasteiger partial charge in [-0.25, -0.2) is 4.39 Å². The van der Waals surface area contributed by atoms with Crippen LogP contribution in [0.25, 0.3) is 10.9 Å². The van der Waals surface area contributed by atoms with Crippen LogP contribution in [0.2, 0.25) is 0 Å². The number of hydrogen-bond donors (Lipinski definition) is 2. The van der Waals surface area contributed by atoms with Crippen LogP contribution < -0.4 is 5.32 Å². The minimum absolute atomic E-state index is 0.0216. The summed E-state index contributed by atoms with van der Waals surface area (Å²) in [7, 11) is 0. The van der Waals surface area contributed by atoms with Gasteiger partial charge in [0, 0.05) is 35.8 Å². The average molecular weight is 340 g/mol. The smallest absolute Gasteiger partial charge is 0.224 e. The lowest BCUT2D eigenvalue weighted by Gasteiger charge is -2.13. The molecule has 1 aromatic heterocycles. The van der Waals surface area contributed by atoms with Gasteiger partial charge in [-0.15, -0.1) is 0 Å². The Balaban J connectivity index is 1.66. The lowest BCUT2D eigenvalue weighted by atomic mass is 10.1. The molecule has 0 aliphatic carbocycles. The topological polar surface area (TPSA) is 54.3 Å². The van der Waals surface area contributed by atoms with E-state index in [0.29, 0.717) is 0 Å². The number of aromatic nitrogens is 1. The van der Waals surface area contributed by atoms with E-state index in [1.54, 1.807) is 12.1 Å². The van der Waals surface area contributed by atoms with Gasteiger partial charge in [0.05, 0.1) is 12.5 Å². The molecule has 1 unspecified atom stereocenters. The molecule has 0 bridgehead atoms. The van der Waals surface area contributed by atoms with E-state index < -0.39 is 11.9 Å². The fourth-order valence-corrected chi connectivity index (χ4v) is 3.03. The molecule has 1 heterocycles. The first-order valence-corrected chi connectivity index (χ1v) is 8.36.